The Balaban J connectivity index is 0.00000242. The number of guanidine groups is 1. The predicted octanol–water partition coefficient (Wildman–Crippen LogP) is 2.87. The van der Waals surface area contributed by atoms with Gasteiger partial charge in [0, 0.05) is 38.4 Å². The summed E-state index contributed by atoms with van der Waals surface area (Å²) in [7, 11) is 1.78. The van der Waals surface area contributed by atoms with Gasteiger partial charge in [0.1, 0.15) is 5.76 Å². The van der Waals surface area contributed by atoms with E-state index in [0.29, 0.717) is 0 Å². The number of aromatic nitrogens is 1. The Morgan fingerprint density at radius 1 is 1.32 bits per heavy atom. The van der Waals surface area contributed by atoms with Crippen LogP contribution in [0.2, 0.25) is 0 Å². The molecule has 0 fully saturated rings. The van der Waals surface area contributed by atoms with Crippen molar-refractivity contribution in [2.24, 2.45) is 4.99 Å². The summed E-state index contributed by atoms with van der Waals surface area (Å²) in [4.78, 5) is 8.76. The number of hydrogen-bond acceptors (Lipinski definition) is 4. The Hall–Kier alpha value is -1.09. The minimum Gasteiger partial charge on any atom is -0.469 e. The van der Waals surface area contributed by atoms with Crippen molar-refractivity contribution in [3.05, 3.63) is 40.2 Å². The fourth-order valence-corrected chi connectivity index (χ4v) is 2.69. The predicted molar refractivity (Wildman–Crippen MR) is 102 cm³/mol. The Bertz CT molecular complexity index is 554. The van der Waals surface area contributed by atoms with Crippen molar-refractivity contribution in [3.8, 4) is 0 Å². The summed E-state index contributed by atoms with van der Waals surface area (Å²) in [5, 5.41) is 9.90. The Morgan fingerprint density at radius 3 is 2.68 bits per heavy atom. The number of furan rings is 1. The summed E-state index contributed by atoms with van der Waals surface area (Å²) in [6, 6.07) is 3.88. The van der Waals surface area contributed by atoms with E-state index in [1.807, 2.05) is 12.1 Å². The van der Waals surface area contributed by atoms with Crippen LogP contribution in [0.1, 0.15) is 23.4 Å². The van der Waals surface area contributed by atoms with E-state index in [2.05, 4.69) is 32.9 Å². The maximum atomic E-state index is 5.29. The van der Waals surface area contributed by atoms with Crippen LogP contribution >= 0.6 is 35.3 Å². The van der Waals surface area contributed by atoms with Crippen LogP contribution < -0.4 is 10.6 Å². The third-order valence-electron chi connectivity index (χ3n) is 3.04. The van der Waals surface area contributed by atoms with E-state index < -0.39 is 0 Å². The minimum atomic E-state index is 0. The zero-order valence-corrected chi connectivity index (χ0v) is 16.1. The van der Waals surface area contributed by atoms with Gasteiger partial charge in [0.15, 0.2) is 5.96 Å². The second kappa shape index (κ2) is 10.6. The maximum absolute atomic E-state index is 5.29. The average molecular weight is 434 g/mol. The second-order valence-electron chi connectivity index (χ2n) is 4.59. The highest BCUT2D eigenvalue weighted by Crippen LogP contribution is 2.10. The first-order valence-corrected chi connectivity index (χ1v) is 8.10. The van der Waals surface area contributed by atoms with Crippen molar-refractivity contribution < 1.29 is 4.42 Å². The van der Waals surface area contributed by atoms with Crippen LogP contribution in [0.25, 0.3) is 0 Å². The van der Waals surface area contributed by atoms with E-state index in [0.717, 1.165) is 49.8 Å². The molecule has 0 atom stereocenters. The van der Waals surface area contributed by atoms with Gasteiger partial charge >= 0.3 is 0 Å². The van der Waals surface area contributed by atoms with Crippen molar-refractivity contribution in [2.45, 2.75) is 26.2 Å². The highest BCUT2D eigenvalue weighted by atomic mass is 127. The van der Waals surface area contributed by atoms with Crippen molar-refractivity contribution in [1.82, 2.24) is 15.6 Å². The van der Waals surface area contributed by atoms with Crippen molar-refractivity contribution in [1.29, 1.82) is 0 Å². The molecular formula is C15H23IN4OS. The lowest BCUT2D eigenvalue weighted by Gasteiger charge is -2.10. The van der Waals surface area contributed by atoms with E-state index in [1.165, 1.54) is 5.01 Å². The molecule has 0 bridgehead atoms. The van der Waals surface area contributed by atoms with Gasteiger partial charge in [-0.25, -0.2) is 4.98 Å². The normalized spacial score (nSPS) is 11.1. The van der Waals surface area contributed by atoms with E-state index in [-0.39, 0.29) is 24.0 Å². The van der Waals surface area contributed by atoms with E-state index >= 15 is 0 Å². The standard InChI is InChI=1S/C15H22N4OS.HI/c1-3-14-19-12(11-21-14)6-8-17-15(16-2)18-9-7-13-5-4-10-20-13;/h4-5,10-11H,3,6-9H2,1-2H3,(H2,16,17,18);1H. The number of nitrogens with zero attached hydrogens (tertiary/aromatic N) is 2. The quantitative estimate of drug-likeness (QED) is 0.400. The molecular weight excluding hydrogens is 411 g/mol. The van der Waals surface area contributed by atoms with E-state index in [4.69, 9.17) is 4.42 Å². The number of thiazole rings is 1. The molecule has 7 heteroatoms. The van der Waals surface area contributed by atoms with Crippen LogP contribution in [0.5, 0.6) is 0 Å². The Morgan fingerprint density at radius 2 is 2.09 bits per heavy atom. The van der Waals surface area contributed by atoms with Gasteiger partial charge < -0.3 is 15.1 Å². The lowest BCUT2D eigenvalue weighted by Crippen LogP contribution is -2.39. The van der Waals surface area contributed by atoms with Gasteiger partial charge in [-0.2, -0.15) is 0 Å². The van der Waals surface area contributed by atoms with Crippen molar-refractivity contribution >= 4 is 41.3 Å². The van der Waals surface area contributed by atoms with Gasteiger partial charge in [-0.1, -0.05) is 6.92 Å². The van der Waals surface area contributed by atoms with Gasteiger partial charge in [0.2, 0.25) is 0 Å². The number of aliphatic imine (C=N–C) groups is 1. The molecule has 22 heavy (non-hydrogen) atoms. The molecule has 122 valence electrons. The highest BCUT2D eigenvalue weighted by Gasteiger charge is 2.02. The third-order valence-corrected chi connectivity index (χ3v) is 4.08. The lowest BCUT2D eigenvalue weighted by atomic mass is 10.3. The number of nitrogens with one attached hydrogen (secondary N) is 2. The first kappa shape index (κ1) is 19.0. The van der Waals surface area contributed by atoms with Crippen LogP contribution in [0.15, 0.2) is 33.2 Å². The number of halogens is 1. The second-order valence-corrected chi connectivity index (χ2v) is 5.53. The molecule has 2 heterocycles. The van der Waals surface area contributed by atoms with E-state index in [9.17, 15) is 0 Å². The third kappa shape index (κ3) is 6.35. The summed E-state index contributed by atoms with van der Waals surface area (Å²) < 4.78 is 5.29. The first-order chi connectivity index (χ1) is 10.3. The summed E-state index contributed by atoms with van der Waals surface area (Å²) in [6.07, 6.45) is 4.46. The molecule has 0 saturated heterocycles. The number of hydrogen-bond donors (Lipinski definition) is 2. The van der Waals surface area contributed by atoms with Gasteiger partial charge in [-0.05, 0) is 18.6 Å². The molecule has 2 rings (SSSR count). The molecule has 0 aliphatic heterocycles. The van der Waals surface area contributed by atoms with Gasteiger partial charge in [-0.3, -0.25) is 4.99 Å². The molecule has 2 N–H and O–H groups in total. The zero-order chi connectivity index (χ0) is 14.9. The zero-order valence-electron chi connectivity index (χ0n) is 13.0. The molecule has 0 saturated carbocycles. The molecule has 0 spiro atoms. The molecule has 2 aromatic rings. The first-order valence-electron chi connectivity index (χ1n) is 7.22. The number of rotatable bonds is 7. The van der Waals surface area contributed by atoms with Crippen LogP contribution in [0, 0.1) is 0 Å². The fourth-order valence-electron chi connectivity index (χ4n) is 1.91. The fraction of sp³-hybridized carbons (Fsp3) is 0.467. The summed E-state index contributed by atoms with van der Waals surface area (Å²) >= 11 is 1.73. The monoisotopic (exact) mass is 434 g/mol. The Kier molecular flexibility index (Phi) is 9.14. The largest absolute Gasteiger partial charge is 0.469 e. The molecule has 2 aromatic heterocycles. The maximum Gasteiger partial charge on any atom is 0.191 e. The Labute approximate surface area is 152 Å². The van der Waals surface area contributed by atoms with Crippen LogP contribution in [-0.4, -0.2) is 31.1 Å². The molecule has 0 unspecified atom stereocenters. The molecule has 0 radical (unpaired) electrons. The highest BCUT2D eigenvalue weighted by molar-refractivity contribution is 14.0. The summed E-state index contributed by atoms with van der Waals surface area (Å²) in [6.45, 7) is 3.75. The van der Waals surface area contributed by atoms with E-state index in [1.54, 1.807) is 24.6 Å². The van der Waals surface area contributed by atoms with Crippen molar-refractivity contribution in [2.75, 3.05) is 20.1 Å². The van der Waals surface area contributed by atoms with Gasteiger partial charge in [0.25, 0.3) is 0 Å². The smallest absolute Gasteiger partial charge is 0.191 e. The number of aryl methyl sites for hydroxylation is 1. The van der Waals surface area contributed by atoms with Crippen molar-refractivity contribution in [3.63, 3.8) is 0 Å². The molecule has 0 aliphatic carbocycles. The molecule has 0 amide bonds. The molecule has 0 aromatic carbocycles. The minimum absolute atomic E-state index is 0. The van der Waals surface area contributed by atoms with Crippen LogP contribution in [0.4, 0.5) is 0 Å². The SMILES string of the molecule is CCc1nc(CCNC(=NC)NCCc2ccco2)cs1.I. The van der Waals surface area contributed by atoms with Crippen LogP contribution in [-0.2, 0) is 19.3 Å². The van der Waals surface area contributed by atoms with Gasteiger partial charge in [0.05, 0.1) is 17.0 Å². The summed E-state index contributed by atoms with van der Waals surface area (Å²) in [5.74, 6) is 1.79. The molecule has 5 nitrogen and oxygen atoms in total. The topological polar surface area (TPSA) is 62.5 Å². The molecule has 0 aliphatic rings. The average Bonchev–Trinajstić information content (AvgIpc) is 3.17. The van der Waals surface area contributed by atoms with Gasteiger partial charge in [-0.15, -0.1) is 35.3 Å². The lowest BCUT2D eigenvalue weighted by molar-refractivity contribution is 0.507. The summed E-state index contributed by atoms with van der Waals surface area (Å²) in [5.41, 5.74) is 1.15. The van der Waals surface area contributed by atoms with Crippen LogP contribution in [0.3, 0.4) is 0 Å².